The largest absolute Gasteiger partial charge is 0.461 e. The van der Waals surface area contributed by atoms with E-state index in [1.165, 1.54) is 0 Å². The summed E-state index contributed by atoms with van der Waals surface area (Å²) in [5.41, 5.74) is 5.81. The molecule has 0 spiro atoms. The van der Waals surface area contributed by atoms with Crippen LogP contribution in [0, 0.1) is 5.41 Å². The predicted octanol–water partition coefficient (Wildman–Crippen LogP) is 2.09. The van der Waals surface area contributed by atoms with Gasteiger partial charge in [-0.3, -0.25) is 0 Å². The van der Waals surface area contributed by atoms with Crippen LogP contribution in [0.1, 0.15) is 41.0 Å². The molecule has 1 aromatic heterocycles. The third-order valence-corrected chi connectivity index (χ3v) is 2.66. The molecule has 0 aliphatic heterocycles. The average molecular weight is 253 g/mol. The lowest BCUT2D eigenvalue weighted by molar-refractivity contribution is 0.222. The zero-order chi connectivity index (χ0) is 13.8. The van der Waals surface area contributed by atoms with Gasteiger partial charge in [0.1, 0.15) is 0 Å². The molecule has 102 valence electrons. The summed E-state index contributed by atoms with van der Waals surface area (Å²) in [7, 11) is 0. The Morgan fingerprint density at radius 2 is 1.94 bits per heavy atom. The number of hydrogen-bond acceptors (Lipinski definition) is 6. The van der Waals surface area contributed by atoms with Crippen molar-refractivity contribution in [1.29, 1.82) is 0 Å². The highest BCUT2D eigenvalue weighted by Gasteiger charge is 2.16. The van der Waals surface area contributed by atoms with Crippen molar-refractivity contribution in [1.82, 2.24) is 15.0 Å². The molecule has 0 unspecified atom stereocenters. The van der Waals surface area contributed by atoms with Gasteiger partial charge in [0, 0.05) is 6.54 Å². The normalized spacial score (nSPS) is 11.7. The Morgan fingerprint density at radius 1 is 1.28 bits per heavy atom. The Balaban J connectivity index is 2.74. The lowest BCUT2D eigenvalue weighted by Gasteiger charge is -2.22. The van der Waals surface area contributed by atoms with E-state index in [4.69, 9.17) is 10.5 Å². The third kappa shape index (κ3) is 4.73. The van der Waals surface area contributed by atoms with Gasteiger partial charge in [-0.25, -0.2) is 0 Å². The molecule has 1 heterocycles. The molecule has 0 aliphatic carbocycles. The van der Waals surface area contributed by atoms with E-state index < -0.39 is 0 Å². The summed E-state index contributed by atoms with van der Waals surface area (Å²) >= 11 is 0. The van der Waals surface area contributed by atoms with Gasteiger partial charge < -0.3 is 15.8 Å². The minimum absolute atomic E-state index is 0.00623. The summed E-state index contributed by atoms with van der Waals surface area (Å²) in [6, 6.07) is 0.259. The lowest BCUT2D eigenvalue weighted by atomic mass is 9.90. The summed E-state index contributed by atoms with van der Waals surface area (Å²) < 4.78 is 5.41. The molecule has 0 amide bonds. The molecule has 0 saturated carbocycles. The second kappa shape index (κ2) is 5.84. The molecular weight excluding hydrogens is 230 g/mol. The standard InChI is InChI=1S/C12H23N5O/c1-6-12(4,5)7-14-10-15-9(13)16-11(17-10)18-8(2)3/h8H,6-7H2,1-5H3,(H3,13,14,15,16,17). The van der Waals surface area contributed by atoms with Crippen molar-refractivity contribution >= 4 is 11.9 Å². The minimum atomic E-state index is 0.00623. The number of ether oxygens (including phenoxy) is 1. The molecule has 0 atom stereocenters. The zero-order valence-electron chi connectivity index (χ0n) is 11.8. The Labute approximate surface area is 108 Å². The van der Waals surface area contributed by atoms with E-state index in [1.807, 2.05) is 13.8 Å². The van der Waals surface area contributed by atoms with E-state index in [0.717, 1.165) is 13.0 Å². The van der Waals surface area contributed by atoms with Crippen LogP contribution in [0.15, 0.2) is 0 Å². The Bertz CT molecular complexity index is 392. The van der Waals surface area contributed by atoms with Gasteiger partial charge in [0.05, 0.1) is 6.10 Å². The average Bonchev–Trinajstić information content (AvgIpc) is 2.25. The number of nitrogen functional groups attached to an aromatic ring is 1. The molecular formula is C12H23N5O. The summed E-state index contributed by atoms with van der Waals surface area (Å²) in [5.74, 6) is 0.622. The van der Waals surface area contributed by atoms with Crippen LogP contribution in [-0.2, 0) is 0 Å². The highest BCUT2D eigenvalue weighted by atomic mass is 16.5. The van der Waals surface area contributed by atoms with Crippen LogP contribution in [0.5, 0.6) is 6.01 Å². The van der Waals surface area contributed by atoms with E-state index in [0.29, 0.717) is 5.95 Å². The number of anilines is 2. The maximum Gasteiger partial charge on any atom is 0.323 e. The SMILES string of the molecule is CCC(C)(C)CNc1nc(N)nc(OC(C)C)n1. The monoisotopic (exact) mass is 253 g/mol. The van der Waals surface area contributed by atoms with Gasteiger partial charge in [-0.2, -0.15) is 15.0 Å². The minimum Gasteiger partial charge on any atom is -0.461 e. The van der Waals surface area contributed by atoms with Crippen LogP contribution in [0.25, 0.3) is 0 Å². The Morgan fingerprint density at radius 3 is 2.50 bits per heavy atom. The van der Waals surface area contributed by atoms with Crippen molar-refractivity contribution in [2.75, 3.05) is 17.6 Å². The zero-order valence-corrected chi connectivity index (χ0v) is 11.8. The number of hydrogen-bond donors (Lipinski definition) is 2. The highest BCUT2D eigenvalue weighted by Crippen LogP contribution is 2.20. The fourth-order valence-corrected chi connectivity index (χ4v) is 1.16. The van der Waals surface area contributed by atoms with Gasteiger partial charge in [-0.05, 0) is 25.7 Å². The van der Waals surface area contributed by atoms with Gasteiger partial charge in [0.15, 0.2) is 0 Å². The Hall–Kier alpha value is -1.59. The first-order valence-electron chi connectivity index (χ1n) is 6.24. The molecule has 0 bridgehead atoms. The molecule has 0 fully saturated rings. The number of rotatable bonds is 6. The molecule has 6 heteroatoms. The second-order valence-electron chi connectivity index (χ2n) is 5.34. The highest BCUT2D eigenvalue weighted by molar-refractivity contribution is 5.32. The molecule has 6 nitrogen and oxygen atoms in total. The van der Waals surface area contributed by atoms with E-state index in [1.54, 1.807) is 0 Å². The van der Waals surface area contributed by atoms with Gasteiger partial charge in [0.2, 0.25) is 11.9 Å². The van der Waals surface area contributed by atoms with Gasteiger partial charge in [0.25, 0.3) is 0 Å². The van der Waals surface area contributed by atoms with Crippen LogP contribution < -0.4 is 15.8 Å². The first-order chi connectivity index (χ1) is 8.32. The molecule has 1 rings (SSSR count). The molecule has 1 aromatic rings. The summed E-state index contributed by atoms with van der Waals surface area (Å²) in [5, 5.41) is 3.17. The first-order valence-corrected chi connectivity index (χ1v) is 6.24. The topological polar surface area (TPSA) is 86.0 Å². The van der Waals surface area contributed by atoms with Crippen molar-refractivity contribution in [3.8, 4) is 6.01 Å². The van der Waals surface area contributed by atoms with Crippen LogP contribution in [0.3, 0.4) is 0 Å². The van der Waals surface area contributed by atoms with Crippen molar-refractivity contribution in [2.45, 2.75) is 47.1 Å². The van der Waals surface area contributed by atoms with Gasteiger partial charge in [-0.15, -0.1) is 0 Å². The number of nitrogens with zero attached hydrogens (tertiary/aromatic N) is 3. The van der Waals surface area contributed by atoms with Crippen molar-refractivity contribution in [3.63, 3.8) is 0 Å². The Kier molecular flexibility index (Phi) is 4.69. The lowest BCUT2D eigenvalue weighted by Crippen LogP contribution is -2.23. The van der Waals surface area contributed by atoms with Crippen LogP contribution in [0.2, 0.25) is 0 Å². The fourth-order valence-electron chi connectivity index (χ4n) is 1.16. The maximum atomic E-state index is 5.62. The number of aromatic nitrogens is 3. The number of nitrogens with one attached hydrogen (secondary N) is 1. The fraction of sp³-hybridized carbons (Fsp3) is 0.750. The molecule has 0 radical (unpaired) electrons. The van der Waals surface area contributed by atoms with Crippen LogP contribution in [-0.4, -0.2) is 27.6 Å². The predicted molar refractivity (Wildman–Crippen MR) is 72.6 cm³/mol. The van der Waals surface area contributed by atoms with Crippen LogP contribution >= 0.6 is 0 Å². The molecule has 3 N–H and O–H groups in total. The van der Waals surface area contributed by atoms with E-state index in [2.05, 4.69) is 41.0 Å². The third-order valence-electron chi connectivity index (χ3n) is 2.66. The molecule has 0 aromatic carbocycles. The quantitative estimate of drug-likeness (QED) is 0.807. The molecule has 18 heavy (non-hydrogen) atoms. The van der Waals surface area contributed by atoms with Gasteiger partial charge >= 0.3 is 6.01 Å². The van der Waals surface area contributed by atoms with Gasteiger partial charge in [-0.1, -0.05) is 20.8 Å². The smallest absolute Gasteiger partial charge is 0.323 e. The summed E-state index contributed by atoms with van der Waals surface area (Å²) in [4.78, 5) is 12.2. The number of nitrogens with two attached hydrogens (primary N) is 1. The van der Waals surface area contributed by atoms with E-state index in [-0.39, 0.29) is 23.5 Å². The van der Waals surface area contributed by atoms with E-state index >= 15 is 0 Å². The van der Waals surface area contributed by atoms with E-state index in [9.17, 15) is 0 Å². The van der Waals surface area contributed by atoms with Crippen LogP contribution in [0.4, 0.5) is 11.9 Å². The summed E-state index contributed by atoms with van der Waals surface area (Å²) in [6.45, 7) is 11.1. The van der Waals surface area contributed by atoms with Crippen molar-refractivity contribution < 1.29 is 4.74 Å². The molecule has 0 saturated heterocycles. The van der Waals surface area contributed by atoms with Crippen molar-refractivity contribution in [2.24, 2.45) is 5.41 Å². The second-order valence-corrected chi connectivity index (χ2v) is 5.34. The van der Waals surface area contributed by atoms with Crippen molar-refractivity contribution in [3.05, 3.63) is 0 Å². The first kappa shape index (κ1) is 14.5. The molecule has 0 aliphatic rings. The summed E-state index contributed by atoms with van der Waals surface area (Å²) in [6.07, 6.45) is 1.07. The maximum absolute atomic E-state index is 5.62.